The number of hydrogen-bond acceptors (Lipinski definition) is 30. The minimum Gasteiger partial charge on any atom is -0.508 e. The molecule has 93 heavy (non-hydrogen) atoms. The highest BCUT2D eigenvalue weighted by Gasteiger charge is 2.16. The van der Waals surface area contributed by atoms with E-state index in [1.54, 1.807) is 146 Å². The topological polar surface area (TPSA) is 404 Å². The van der Waals surface area contributed by atoms with Crippen molar-refractivity contribution in [3.05, 3.63) is 158 Å². The molecule has 31 heteroatoms. The predicted octanol–water partition coefficient (Wildman–Crippen LogP) is 10.1. The third-order valence-electron chi connectivity index (χ3n) is 11.5. The third-order valence-corrected chi connectivity index (χ3v) is 11.7. The molecule has 6 aromatic carbocycles. The van der Waals surface area contributed by atoms with Gasteiger partial charge >= 0.3 is 35.8 Å². The first-order valence-electron chi connectivity index (χ1n) is 27.4. The lowest BCUT2D eigenvalue weighted by atomic mass is 10.3. The summed E-state index contributed by atoms with van der Waals surface area (Å²) in [5.74, 6) is -0.707. The van der Waals surface area contributed by atoms with E-state index in [9.17, 15) is 48.9 Å². The van der Waals surface area contributed by atoms with Gasteiger partial charge in [0.25, 0.3) is 0 Å². The lowest BCUT2D eigenvalue weighted by molar-refractivity contribution is -0.239. The highest BCUT2D eigenvalue weighted by Crippen LogP contribution is 2.28. The van der Waals surface area contributed by atoms with Gasteiger partial charge in [-0.1, -0.05) is 6.58 Å². The number of phenols is 3. The second-order valence-electron chi connectivity index (χ2n) is 18.5. The van der Waals surface area contributed by atoms with Crippen molar-refractivity contribution in [1.82, 2.24) is 29.9 Å². The smallest absolute Gasteiger partial charge is 0.318 e. The first-order valence-corrected chi connectivity index (χ1v) is 27.8. The number of carbonyl (C=O) groups is 7. The van der Waals surface area contributed by atoms with Gasteiger partial charge in [-0.25, -0.2) is 0 Å². The number of nitrogens with zero attached hydrogens (tertiary/aromatic N) is 6. The zero-order valence-corrected chi connectivity index (χ0v) is 50.8. The standard InChI is InChI=1S/C36H36N6O12.C21H18N6O3.C5H7ClO3/c1-22(54-50-4)21-33(47)53-28-15-9-25(10-16-28)39-36-41-34(37-23-5-11-26(12-6-23)51-31(45)19-17-29(43)48-2)40-35(42-36)38-24-7-13-27(14-8-24)52-32(46)20-18-30(44)49-3;28-16-7-1-13(2-8-16)22-19-25-20(23-14-3-9-17(29)10-4-14)27-21(26-19)24-15-5-11-18(30)12-6-15;1-9-5(8)3-2-4(6)7/h5-16H,1,17-21H2,2-4H3,(H3,37,38,39,40,41,42);1-12,28-30H,(H3,22,23,24,25,26,27);2-3H2,1H3. The zero-order chi connectivity index (χ0) is 67.1. The van der Waals surface area contributed by atoms with Crippen LogP contribution in [0.3, 0.4) is 0 Å². The number of anilines is 12. The van der Waals surface area contributed by atoms with Gasteiger partial charge in [0.2, 0.25) is 40.9 Å². The molecule has 484 valence electrons. The molecule has 30 nitrogen and oxygen atoms in total. The molecule has 0 saturated heterocycles. The fraction of sp³-hybridized carbons (Fsp3) is 0.177. The minimum atomic E-state index is -0.601. The summed E-state index contributed by atoms with van der Waals surface area (Å²) in [4.78, 5) is 115. The van der Waals surface area contributed by atoms with Crippen molar-refractivity contribution in [3.8, 4) is 34.5 Å². The fourth-order valence-electron chi connectivity index (χ4n) is 7.07. The van der Waals surface area contributed by atoms with Crippen LogP contribution in [0.1, 0.15) is 44.9 Å². The molecular weight excluding hydrogens is 1240 g/mol. The van der Waals surface area contributed by atoms with Crippen LogP contribution in [0.2, 0.25) is 0 Å². The lowest BCUT2D eigenvalue weighted by Crippen LogP contribution is -2.11. The van der Waals surface area contributed by atoms with Crippen molar-refractivity contribution in [1.29, 1.82) is 0 Å². The van der Waals surface area contributed by atoms with Gasteiger partial charge in [-0.2, -0.15) is 34.8 Å². The Bertz CT molecular complexity index is 3560. The molecule has 0 radical (unpaired) electrons. The quantitative estimate of drug-likeness (QED) is 0.00321. The van der Waals surface area contributed by atoms with E-state index in [1.807, 2.05) is 0 Å². The van der Waals surface area contributed by atoms with Crippen LogP contribution in [0.5, 0.6) is 34.5 Å². The monoisotopic (exact) mass is 1300 g/mol. The maximum atomic E-state index is 12.1. The molecule has 8 rings (SSSR count). The SMILES string of the molecule is C=C(CC(=O)Oc1ccc(Nc2nc(Nc3ccc(OC(=O)CCC(=O)OC)cc3)nc(Nc3ccc(OC(=O)CCC(=O)OC)cc3)n2)cc1)OOC.COC(=O)CCC(=O)Cl.Oc1ccc(Nc2nc(Nc3ccc(O)cc3)nc(Nc3ccc(O)cc3)n2)cc1. The van der Waals surface area contributed by atoms with Gasteiger partial charge in [-0.15, -0.1) is 0 Å². The molecule has 0 aliphatic rings. The van der Waals surface area contributed by atoms with Gasteiger partial charge < -0.3 is 80.5 Å². The van der Waals surface area contributed by atoms with Gasteiger partial charge in [0.1, 0.15) is 46.7 Å². The molecule has 2 heterocycles. The molecule has 2 aromatic heterocycles. The molecule has 0 bridgehead atoms. The van der Waals surface area contributed by atoms with Crippen LogP contribution in [0.25, 0.3) is 0 Å². The Morgan fingerprint density at radius 1 is 0.355 bits per heavy atom. The number of methoxy groups -OCH3 is 3. The molecule has 0 unspecified atom stereocenters. The summed E-state index contributed by atoms with van der Waals surface area (Å²) >= 11 is 4.93. The van der Waals surface area contributed by atoms with Gasteiger partial charge in [-0.05, 0) is 157 Å². The Kier molecular flexibility index (Phi) is 27.3. The van der Waals surface area contributed by atoms with E-state index >= 15 is 0 Å². The number of rotatable bonds is 28. The fourth-order valence-corrected chi connectivity index (χ4v) is 7.17. The summed E-state index contributed by atoms with van der Waals surface area (Å²) in [5.41, 5.74) is 3.67. The summed E-state index contributed by atoms with van der Waals surface area (Å²) in [6.45, 7) is 3.56. The molecule has 0 fully saturated rings. The number of ether oxygens (including phenoxy) is 6. The van der Waals surface area contributed by atoms with E-state index in [1.165, 1.54) is 28.4 Å². The van der Waals surface area contributed by atoms with Crippen molar-refractivity contribution >= 4 is 122 Å². The van der Waals surface area contributed by atoms with Gasteiger partial charge in [0, 0.05) is 40.5 Å². The van der Waals surface area contributed by atoms with E-state index < -0.39 is 41.1 Å². The number of carbonyl (C=O) groups excluding carboxylic acids is 7. The third kappa shape index (κ3) is 26.2. The van der Waals surface area contributed by atoms with E-state index in [4.69, 9.17) is 30.7 Å². The predicted molar refractivity (Wildman–Crippen MR) is 336 cm³/mol. The molecule has 0 aliphatic carbocycles. The second kappa shape index (κ2) is 36.3. The van der Waals surface area contributed by atoms with Crippen LogP contribution in [-0.4, -0.2) is 115 Å². The average Bonchev–Trinajstić information content (AvgIpc) is 0.950. The molecule has 9 N–H and O–H groups in total. The van der Waals surface area contributed by atoms with E-state index in [0.29, 0.717) is 34.1 Å². The number of benzene rings is 6. The van der Waals surface area contributed by atoms with Crippen molar-refractivity contribution in [2.75, 3.05) is 60.3 Å². The summed E-state index contributed by atoms with van der Waals surface area (Å²) < 4.78 is 29.2. The van der Waals surface area contributed by atoms with Crippen molar-refractivity contribution < 1.29 is 87.1 Å². The first-order chi connectivity index (χ1) is 44.7. The summed E-state index contributed by atoms with van der Waals surface area (Å²) in [6.07, 6.45) is -0.565. The Morgan fingerprint density at radius 2 is 0.581 bits per heavy atom. The van der Waals surface area contributed by atoms with Gasteiger partial charge in [0.15, 0.2) is 0 Å². The molecule has 0 spiro atoms. The summed E-state index contributed by atoms with van der Waals surface area (Å²) in [5, 5.41) is 46.3. The Balaban J connectivity index is 0.000000291. The highest BCUT2D eigenvalue weighted by molar-refractivity contribution is 6.63. The molecule has 8 aromatic rings. The zero-order valence-electron chi connectivity index (χ0n) is 50.0. The molecule has 0 amide bonds. The van der Waals surface area contributed by atoms with Crippen LogP contribution in [0.15, 0.2) is 158 Å². The van der Waals surface area contributed by atoms with Crippen molar-refractivity contribution in [3.63, 3.8) is 0 Å². The van der Waals surface area contributed by atoms with E-state index in [-0.39, 0.29) is 121 Å². The number of nitrogens with one attached hydrogen (secondary N) is 6. The maximum Gasteiger partial charge on any atom is 0.318 e. The molecule has 0 saturated carbocycles. The van der Waals surface area contributed by atoms with Crippen LogP contribution in [0.4, 0.5) is 69.8 Å². The summed E-state index contributed by atoms with van der Waals surface area (Å²) in [6, 6.07) is 38.6. The number of phenolic OH excluding ortho intramolecular Hbond substituents is 3. The van der Waals surface area contributed by atoms with Gasteiger partial charge in [0.05, 0.1) is 60.5 Å². The molecular formula is C62H61ClN12O18. The van der Waals surface area contributed by atoms with Crippen LogP contribution in [0, 0.1) is 0 Å². The van der Waals surface area contributed by atoms with E-state index in [2.05, 4.69) is 87.5 Å². The van der Waals surface area contributed by atoms with Gasteiger partial charge in [-0.3, -0.25) is 33.6 Å². The average molecular weight is 1300 g/mol. The van der Waals surface area contributed by atoms with Crippen LogP contribution >= 0.6 is 11.6 Å². The first kappa shape index (κ1) is 69.9. The van der Waals surface area contributed by atoms with Crippen molar-refractivity contribution in [2.45, 2.75) is 44.9 Å². The van der Waals surface area contributed by atoms with Crippen LogP contribution in [-0.2, 0) is 57.5 Å². The van der Waals surface area contributed by atoms with Crippen molar-refractivity contribution in [2.24, 2.45) is 0 Å². The maximum absolute atomic E-state index is 12.1. The Labute approximate surface area is 535 Å². The molecule has 0 aliphatic heterocycles. The largest absolute Gasteiger partial charge is 0.508 e. The number of halogens is 1. The number of hydrogen-bond donors (Lipinski definition) is 9. The minimum absolute atomic E-state index is 0.0498. The Hall–Kier alpha value is -12.2. The van der Waals surface area contributed by atoms with Crippen LogP contribution < -0.4 is 46.1 Å². The Morgan fingerprint density at radius 3 is 0.817 bits per heavy atom. The molecule has 0 atom stereocenters. The number of aromatic nitrogens is 6. The highest BCUT2D eigenvalue weighted by atomic mass is 35.5. The lowest BCUT2D eigenvalue weighted by Gasteiger charge is -2.13. The second-order valence-corrected chi connectivity index (χ2v) is 19.0. The summed E-state index contributed by atoms with van der Waals surface area (Å²) in [7, 11) is 5.03. The van der Waals surface area contributed by atoms with E-state index in [0.717, 1.165) is 0 Å². The normalized spacial score (nSPS) is 10.2. The number of aromatic hydroxyl groups is 3. The number of esters is 6.